The Balaban J connectivity index is 4.43. The van der Waals surface area contributed by atoms with Crippen LogP contribution in [-0.2, 0) is 28.6 Å². The van der Waals surface area contributed by atoms with Crippen LogP contribution >= 0.6 is 0 Å². The average molecular weight is 851 g/mol. The van der Waals surface area contributed by atoms with Crippen LogP contribution in [0.15, 0.2) is 72.9 Å². The maximum atomic E-state index is 12.8. The SMILES string of the molecule is CCCCC/C=C\C/C=C\C/C=C\C/C=C\CCCCCC(=O)OC[C@@H](COC(=O)CCCCCCC/C=C\CCCCC)OC(=O)CCCCCCC/C=C\CCCCC. The molecule has 6 heteroatoms. The Morgan fingerprint density at radius 2 is 0.590 bits per heavy atom. The fourth-order valence-corrected chi connectivity index (χ4v) is 6.77. The standard InChI is InChI=1S/C55H94O6/c1-4-7-10-13-16-19-22-25-26-27-28-29-30-31-34-36-39-42-45-48-54(57)60-51-52(61-55(58)49-46-43-40-37-33-24-21-18-15-12-9-6-3)50-59-53(56)47-44-41-38-35-32-23-20-17-14-11-8-5-2/h16-21,25-26,28-29,31,34,52H,4-15,22-24,27,30,32-33,35-51H2,1-3H3/b19-16-,20-17-,21-18-,26-25-,29-28-,34-31-/t52-/m1/s1. The van der Waals surface area contributed by atoms with Gasteiger partial charge in [0.1, 0.15) is 13.2 Å². The van der Waals surface area contributed by atoms with Crippen molar-refractivity contribution in [3.63, 3.8) is 0 Å². The van der Waals surface area contributed by atoms with E-state index in [0.717, 1.165) is 103 Å². The summed E-state index contributed by atoms with van der Waals surface area (Å²) in [4.78, 5) is 37.9. The summed E-state index contributed by atoms with van der Waals surface area (Å²) < 4.78 is 16.7. The number of hydrogen-bond donors (Lipinski definition) is 0. The molecule has 0 heterocycles. The topological polar surface area (TPSA) is 78.9 Å². The molecular weight excluding hydrogens is 757 g/mol. The molecular formula is C55H94O6. The van der Waals surface area contributed by atoms with Gasteiger partial charge >= 0.3 is 17.9 Å². The van der Waals surface area contributed by atoms with Crippen LogP contribution in [0, 0.1) is 0 Å². The van der Waals surface area contributed by atoms with Gasteiger partial charge in [-0.1, -0.05) is 177 Å². The Morgan fingerprint density at radius 3 is 0.951 bits per heavy atom. The number of carbonyl (C=O) groups is 3. The molecule has 0 aliphatic rings. The van der Waals surface area contributed by atoms with Crippen molar-refractivity contribution in [2.45, 2.75) is 245 Å². The van der Waals surface area contributed by atoms with Crippen LogP contribution in [0.25, 0.3) is 0 Å². The molecule has 0 aromatic rings. The van der Waals surface area contributed by atoms with E-state index in [4.69, 9.17) is 14.2 Å². The van der Waals surface area contributed by atoms with Crippen molar-refractivity contribution in [1.82, 2.24) is 0 Å². The van der Waals surface area contributed by atoms with Crippen molar-refractivity contribution in [3.8, 4) is 0 Å². The molecule has 0 saturated carbocycles. The quantitative estimate of drug-likeness (QED) is 0.0263. The van der Waals surface area contributed by atoms with Crippen LogP contribution in [0.3, 0.4) is 0 Å². The first kappa shape index (κ1) is 57.9. The lowest BCUT2D eigenvalue weighted by Gasteiger charge is -2.18. The zero-order chi connectivity index (χ0) is 44.4. The van der Waals surface area contributed by atoms with E-state index in [1.165, 1.54) is 96.3 Å². The number of esters is 3. The van der Waals surface area contributed by atoms with Gasteiger partial charge in [0.05, 0.1) is 0 Å². The summed E-state index contributed by atoms with van der Waals surface area (Å²) >= 11 is 0. The van der Waals surface area contributed by atoms with Gasteiger partial charge in [0.2, 0.25) is 0 Å². The molecule has 61 heavy (non-hydrogen) atoms. The highest BCUT2D eigenvalue weighted by molar-refractivity contribution is 5.71. The van der Waals surface area contributed by atoms with Gasteiger partial charge < -0.3 is 14.2 Å². The van der Waals surface area contributed by atoms with Gasteiger partial charge in [-0.2, -0.15) is 0 Å². The molecule has 350 valence electrons. The molecule has 6 nitrogen and oxygen atoms in total. The van der Waals surface area contributed by atoms with Crippen LogP contribution in [-0.4, -0.2) is 37.2 Å². The van der Waals surface area contributed by atoms with E-state index in [9.17, 15) is 14.4 Å². The maximum absolute atomic E-state index is 12.8. The fraction of sp³-hybridized carbons (Fsp3) is 0.727. The second kappa shape index (κ2) is 49.5. The van der Waals surface area contributed by atoms with Crippen LogP contribution in [0.2, 0.25) is 0 Å². The van der Waals surface area contributed by atoms with Gasteiger partial charge in [0, 0.05) is 19.3 Å². The van der Waals surface area contributed by atoms with Gasteiger partial charge in [-0.05, 0) is 116 Å². The molecule has 0 N–H and O–H groups in total. The molecule has 0 aliphatic heterocycles. The summed E-state index contributed by atoms with van der Waals surface area (Å²) in [6.45, 7) is 6.51. The zero-order valence-electron chi connectivity index (χ0n) is 39.9. The van der Waals surface area contributed by atoms with Crippen molar-refractivity contribution in [2.24, 2.45) is 0 Å². The largest absolute Gasteiger partial charge is 0.462 e. The molecule has 1 atom stereocenters. The summed E-state index contributed by atoms with van der Waals surface area (Å²) in [6, 6.07) is 0. The Bertz CT molecular complexity index is 1160. The number of carbonyl (C=O) groups excluding carboxylic acids is 3. The summed E-state index contributed by atoms with van der Waals surface area (Å²) in [6.07, 6.45) is 61.7. The van der Waals surface area contributed by atoms with Gasteiger partial charge in [-0.15, -0.1) is 0 Å². The maximum Gasteiger partial charge on any atom is 0.306 e. The van der Waals surface area contributed by atoms with E-state index < -0.39 is 6.10 Å². The summed E-state index contributed by atoms with van der Waals surface area (Å²) in [5.74, 6) is -0.944. The van der Waals surface area contributed by atoms with Crippen LogP contribution < -0.4 is 0 Å². The second-order valence-electron chi connectivity index (χ2n) is 16.7. The molecule has 0 unspecified atom stereocenters. The molecule has 0 radical (unpaired) electrons. The lowest BCUT2D eigenvalue weighted by molar-refractivity contribution is -0.167. The van der Waals surface area contributed by atoms with Crippen molar-refractivity contribution >= 4 is 17.9 Å². The average Bonchev–Trinajstić information content (AvgIpc) is 3.26. The van der Waals surface area contributed by atoms with Gasteiger partial charge in [-0.25, -0.2) is 0 Å². The molecule has 0 amide bonds. The van der Waals surface area contributed by atoms with E-state index in [2.05, 4.69) is 93.7 Å². The summed E-state index contributed by atoms with van der Waals surface area (Å²) in [7, 11) is 0. The first-order chi connectivity index (χ1) is 30.0. The molecule has 0 bridgehead atoms. The Kier molecular flexibility index (Phi) is 46.9. The van der Waals surface area contributed by atoms with Crippen LogP contribution in [0.5, 0.6) is 0 Å². The third kappa shape index (κ3) is 47.7. The molecule has 0 aliphatic carbocycles. The van der Waals surface area contributed by atoms with Gasteiger partial charge in [-0.3, -0.25) is 14.4 Å². The molecule has 0 rings (SSSR count). The van der Waals surface area contributed by atoms with E-state index >= 15 is 0 Å². The highest BCUT2D eigenvalue weighted by Gasteiger charge is 2.19. The van der Waals surface area contributed by atoms with E-state index in [0.29, 0.717) is 19.3 Å². The smallest absolute Gasteiger partial charge is 0.306 e. The molecule has 0 aromatic heterocycles. The van der Waals surface area contributed by atoms with E-state index in [1.807, 2.05) is 0 Å². The third-order valence-electron chi connectivity index (χ3n) is 10.7. The first-order valence-electron chi connectivity index (χ1n) is 25.4. The van der Waals surface area contributed by atoms with Crippen molar-refractivity contribution in [2.75, 3.05) is 13.2 Å². The predicted octanol–water partition coefficient (Wildman–Crippen LogP) is 16.6. The third-order valence-corrected chi connectivity index (χ3v) is 10.7. The van der Waals surface area contributed by atoms with Crippen molar-refractivity contribution in [1.29, 1.82) is 0 Å². The summed E-state index contributed by atoms with van der Waals surface area (Å²) in [5, 5.41) is 0. The summed E-state index contributed by atoms with van der Waals surface area (Å²) in [5.41, 5.74) is 0. The minimum absolute atomic E-state index is 0.0938. The van der Waals surface area contributed by atoms with Gasteiger partial charge in [0.15, 0.2) is 6.10 Å². The van der Waals surface area contributed by atoms with Crippen molar-refractivity contribution in [3.05, 3.63) is 72.9 Å². The molecule has 0 fully saturated rings. The number of unbranched alkanes of at least 4 members (excludes halogenated alkanes) is 22. The van der Waals surface area contributed by atoms with Gasteiger partial charge in [0.25, 0.3) is 0 Å². The molecule has 0 saturated heterocycles. The number of hydrogen-bond acceptors (Lipinski definition) is 6. The normalized spacial score (nSPS) is 12.6. The Morgan fingerprint density at radius 1 is 0.328 bits per heavy atom. The molecule has 0 spiro atoms. The van der Waals surface area contributed by atoms with E-state index in [1.54, 1.807) is 0 Å². The minimum Gasteiger partial charge on any atom is -0.462 e. The second-order valence-corrected chi connectivity index (χ2v) is 16.7. The highest BCUT2D eigenvalue weighted by atomic mass is 16.6. The number of rotatable bonds is 45. The Hall–Kier alpha value is -3.15. The monoisotopic (exact) mass is 851 g/mol. The van der Waals surface area contributed by atoms with Crippen LogP contribution in [0.4, 0.5) is 0 Å². The fourth-order valence-electron chi connectivity index (χ4n) is 6.77. The number of ether oxygens (including phenoxy) is 3. The lowest BCUT2D eigenvalue weighted by Crippen LogP contribution is -2.30. The highest BCUT2D eigenvalue weighted by Crippen LogP contribution is 2.13. The predicted molar refractivity (Wildman–Crippen MR) is 261 cm³/mol. The zero-order valence-corrected chi connectivity index (χ0v) is 39.9. The molecule has 0 aromatic carbocycles. The van der Waals surface area contributed by atoms with Crippen LogP contribution in [0.1, 0.15) is 239 Å². The number of allylic oxidation sites excluding steroid dienone is 12. The van der Waals surface area contributed by atoms with E-state index in [-0.39, 0.29) is 31.1 Å². The Labute approximate surface area is 376 Å². The first-order valence-corrected chi connectivity index (χ1v) is 25.4. The van der Waals surface area contributed by atoms with Crippen molar-refractivity contribution < 1.29 is 28.6 Å². The minimum atomic E-state index is -0.794. The lowest BCUT2D eigenvalue weighted by atomic mass is 10.1.